The van der Waals surface area contributed by atoms with Gasteiger partial charge in [0.05, 0.1) is 26.3 Å². The Kier molecular flexibility index (Phi) is 11.0. The van der Waals surface area contributed by atoms with E-state index in [2.05, 4.69) is 15.3 Å². The number of halogens is 4. The number of sulfonamides is 1. The Balaban J connectivity index is 1.33. The molecule has 1 heterocycles. The van der Waals surface area contributed by atoms with Crippen molar-refractivity contribution in [2.24, 2.45) is 0 Å². The second-order valence-electron chi connectivity index (χ2n) is 13.7. The summed E-state index contributed by atoms with van der Waals surface area (Å²) in [7, 11) is 2.31. The van der Waals surface area contributed by atoms with Gasteiger partial charge in [0, 0.05) is 41.7 Å². The van der Waals surface area contributed by atoms with Gasteiger partial charge in [-0.2, -0.15) is 13.2 Å². The summed E-state index contributed by atoms with van der Waals surface area (Å²) in [5.41, 5.74) is 1.74. The molecule has 3 atom stereocenters. The van der Waals surface area contributed by atoms with Crippen LogP contribution in [0.2, 0.25) is 0 Å². The van der Waals surface area contributed by atoms with Crippen molar-refractivity contribution < 1.29 is 35.5 Å². The van der Waals surface area contributed by atoms with Crippen molar-refractivity contribution in [3.05, 3.63) is 101 Å². The van der Waals surface area contributed by atoms with Crippen LogP contribution in [-0.2, 0) is 22.7 Å². The van der Waals surface area contributed by atoms with E-state index in [1.54, 1.807) is 24.3 Å². The number of likely N-dealkylation sites (N-methyl/N-ethyl adjacent to an activating group) is 1. The van der Waals surface area contributed by atoms with E-state index in [1.165, 1.54) is 57.1 Å². The van der Waals surface area contributed by atoms with Crippen LogP contribution < -0.4 is 19.1 Å². The molecule has 2 fully saturated rings. The highest BCUT2D eigenvalue weighted by molar-refractivity contribution is 7.92. The Bertz CT molecular complexity index is 1980. The molecule has 1 aromatic heterocycles. The third-order valence-corrected chi connectivity index (χ3v) is 12.1. The highest BCUT2D eigenvalue weighted by Crippen LogP contribution is 2.44. The van der Waals surface area contributed by atoms with Gasteiger partial charge in [0.1, 0.15) is 34.4 Å². The van der Waals surface area contributed by atoms with Crippen molar-refractivity contribution >= 4 is 21.5 Å². The van der Waals surface area contributed by atoms with E-state index < -0.39 is 32.5 Å². The standard InChI is InChI=1S/C38H43F4N5O4S/c1-46(2)34-18-26(25-9-6-10-28(17-25)38(40,41)42)12-14-32(34)45-33-21-31(39)36(20-30(33)24-7-5-8-24)52(48,49)47(37-15-16-43-23-44-37)22-27-11-13-29(50-3)19-35(27)51-4/h6,9-11,13,15-17,19-21,23-24,26,32,34,45H,5,7-8,12,14,18,22H2,1-4H3/t26-,32-,34-/m0/s1. The SMILES string of the molecule is COc1ccc(CN(c2ccncn2)S(=O)(=O)c2cc(C3CCC3)c(N[C@H]3CC[C@H](c4cccc(C(F)(F)F)c4)C[C@@H]3N(C)C)cc2F)c(OC)c1. The van der Waals surface area contributed by atoms with Gasteiger partial charge in [-0.3, -0.25) is 0 Å². The lowest BCUT2D eigenvalue weighted by molar-refractivity contribution is -0.137. The minimum atomic E-state index is -4.52. The zero-order valence-electron chi connectivity index (χ0n) is 29.5. The van der Waals surface area contributed by atoms with Gasteiger partial charge in [-0.25, -0.2) is 27.1 Å². The Morgan fingerprint density at radius 2 is 1.73 bits per heavy atom. The van der Waals surface area contributed by atoms with Crippen molar-refractivity contribution in [1.29, 1.82) is 0 Å². The maximum atomic E-state index is 16.4. The van der Waals surface area contributed by atoms with Crippen molar-refractivity contribution in [3.63, 3.8) is 0 Å². The van der Waals surface area contributed by atoms with Gasteiger partial charge in [0.2, 0.25) is 0 Å². The van der Waals surface area contributed by atoms with E-state index >= 15 is 4.39 Å². The van der Waals surface area contributed by atoms with Crippen LogP contribution in [-0.4, -0.2) is 63.7 Å². The third kappa shape index (κ3) is 7.82. The molecule has 52 heavy (non-hydrogen) atoms. The van der Waals surface area contributed by atoms with E-state index in [0.717, 1.165) is 29.6 Å². The van der Waals surface area contributed by atoms with Crippen LogP contribution in [0.15, 0.2) is 78.1 Å². The molecule has 0 bridgehead atoms. The first-order valence-electron chi connectivity index (χ1n) is 17.2. The van der Waals surface area contributed by atoms with Gasteiger partial charge in [0.15, 0.2) is 0 Å². The molecule has 0 radical (unpaired) electrons. The lowest BCUT2D eigenvalue weighted by atomic mass is 9.77. The summed E-state index contributed by atoms with van der Waals surface area (Å²) in [6, 6.07) is 14.5. The zero-order valence-corrected chi connectivity index (χ0v) is 30.3. The van der Waals surface area contributed by atoms with Gasteiger partial charge < -0.3 is 19.7 Å². The molecule has 0 aliphatic heterocycles. The molecule has 0 saturated heterocycles. The number of methoxy groups -OCH3 is 2. The molecule has 9 nitrogen and oxygen atoms in total. The summed E-state index contributed by atoms with van der Waals surface area (Å²) in [4.78, 5) is 9.72. The Morgan fingerprint density at radius 3 is 2.37 bits per heavy atom. The number of ether oxygens (including phenoxy) is 2. The summed E-state index contributed by atoms with van der Waals surface area (Å²) < 4.78 is 97.8. The van der Waals surface area contributed by atoms with Crippen LogP contribution >= 0.6 is 0 Å². The quantitative estimate of drug-likeness (QED) is 0.146. The average Bonchev–Trinajstić information content (AvgIpc) is 3.10. The molecule has 278 valence electrons. The lowest BCUT2D eigenvalue weighted by Gasteiger charge is -2.41. The first-order chi connectivity index (χ1) is 24.8. The van der Waals surface area contributed by atoms with Crippen LogP contribution in [0.25, 0.3) is 0 Å². The molecule has 0 spiro atoms. The Morgan fingerprint density at radius 1 is 0.942 bits per heavy atom. The maximum absolute atomic E-state index is 16.4. The summed E-state index contributed by atoms with van der Waals surface area (Å²) in [5, 5.41) is 3.56. The van der Waals surface area contributed by atoms with Gasteiger partial charge in [-0.05, 0) is 99.5 Å². The molecule has 3 aromatic carbocycles. The fraction of sp³-hybridized carbons (Fsp3) is 0.421. The number of aromatic nitrogens is 2. The first-order valence-corrected chi connectivity index (χ1v) is 18.7. The predicted molar refractivity (Wildman–Crippen MR) is 191 cm³/mol. The molecule has 0 unspecified atom stereocenters. The summed E-state index contributed by atoms with van der Waals surface area (Å²) >= 11 is 0. The molecule has 2 saturated carbocycles. The van der Waals surface area contributed by atoms with Gasteiger partial charge >= 0.3 is 6.18 Å². The van der Waals surface area contributed by atoms with Crippen molar-refractivity contribution in [2.45, 2.75) is 80.1 Å². The highest BCUT2D eigenvalue weighted by atomic mass is 32.2. The largest absolute Gasteiger partial charge is 0.497 e. The molecule has 4 aromatic rings. The maximum Gasteiger partial charge on any atom is 0.416 e. The smallest absolute Gasteiger partial charge is 0.416 e. The number of alkyl halides is 3. The molecule has 0 amide bonds. The molecular weight excluding hydrogens is 699 g/mol. The minimum Gasteiger partial charge on any atom is -0.497 e. The van der Waals surface area contributed by atoms with E-state index in [1.807, 2.05) is 19.0 Å². The molecule has 2 aliphatic rings. The molecular formula is C38H43F4N5O4S. The number of nitrogens with zero attached hydrogens (tertiary/aromatic N) is 4. The third-order valence-electron chi connectivity index (χ3n) is 10.4. The Hall–Kier alpha value is -4.43. The zero-order chi connectivity index (χ0) is 37.2. The monoisotopic (exact) mass is 741 g/mol. The number of rotatable bonds is 12. The van der Waals surface area contributed by atoms with Gasteiger partial charge in [-0.15, -0.1) is 0 Å². The van der Waals surface area contributed by atoms with E-state index in [0.29, 0.717) is 53.1 Å². The molecule has 6 rings (SSSR count). The first kappa shape index (κ1) is 37.3. The minimum absolute atomic E-state index is 0.0329. The second-order valence-corrected chi connectivity index (χ2v) is 15.5. The number of hydrogen-bond acceptors (Lipinski definition) is 8. The molecule has 1 N–H and O–H groups in total. The van der Waals surface area contributed by atoms with Crippen LogP contribution in [0, 0.1) is 5.82 Å². The number of nitrogens with one attached hydrogen (secondary N) is 1. The highest BCUT2D eigenvalue weighted by Gasteiger charge is 2.37. The van der Waals surface area contributed by atoms with E-state index in [9.17, 15) is 21.6 Å². The summed E-state index contributed by atoms with van der Waals surface area (Å²) in [6.07, 6.45) is 2.72. The Labute approximate surface area is 302 Å². The van der Waals surface area contributed by atoms with Crippen LogP contribution in [0.3, 0.4) is 0 Å². The lowest BCUT2D eigenvalue weighted by Crippen LogP contribution is -2.47. The predicted octanol–water partition coefficient (Wildman–Crippen LogP) is 7.99. The average molecular weight is 742 g/mol. The fourth-order valence-electron chi connectivity index (χ4n) is 7.28. The van der Waals surface area contributed by atoms with Crippen molar-refractivity contribution in [3.8, 4) is 11.5 Å². The molecule has 2 aliphatic carbocycles. The van der Waals surface area contributed by atoms with Crippen LogP contribution in [0.5, 0.6) is 11.5 Å². The van der Waals surface area contributed by atoms with Crippen molar-refractivity contribution in [1.82, 2.24) is 14.9 Å². The normalized spacial score (nSPS) is 19.6. The van der Waals surface area contributed by atoms with Crippen LogP contribution in [0.1, 0.15) is 72.6 Å². The van der Waals surface area contributed by atoms with E-state index in [4.69, 9.17) is 9.47 Å². The van der Waals surface area contributed by atoms with Crippen molar-refractivity contribution in [2.75, 3.05) is 37.9 Å². The summed E-state index contributed by atoms with van der Waals surface area (Å²) in [6.45, 7) is -0.204. The summed E-state index contributed by atoms with van der Waals surface area (Å²) in [5.74, 6) is 0.0149. The van der Waals surface area contributed by atoms with Crippen LogP contribution in [0.4, 0.5) is 29.1 Å². The molecule has 14 heteroatoms. The second kappa shape index (κ2) is 15.3. The van der Waals surface area contributed by atoms with E-state index in [-0.39, 0.29) is 36.3 Å². The van der Waals surface area contributed by atoms with Gasteiger partial charge in [0.25, 0.3) is 10.0 Å². The topological polar surface area (TPSA) is 96.9 Å². The fourth-order valence-corrected chi connectivity index (χ4v) is 8.76. The number of benzene rings is 3. The number of anilines is 2. The van der Waals surface area contributed by atoms with Gasteiger partial charge in [-0.1, -0.05) is 24.6 Å². The number of hydrogen-bond donors (Lipinski definition) is 1.